The lowest BCUT2D eigenvalue weighted by molar-refractivity contribution is -0.147. The molecule has 0 radical (unpaired) electrons. The van der Waals surface area contributed by atoms with E-state index in [4.69, 9.17) is 39.5 Å². The van der Waals surface area contributed by atoms with Crippen LogP contribution in [-0.2, 0) is 35.0 Å². The minimum Gasteiger partial charge on any atom is -0.454 e. The standard InChI is InChI=1S/C17H14Cl3N5O5/c1-23-15-14(16(28)24(2)17(23)29)25(7-21-15)5-13(27)30-6-12(26)22-11-4-9(19)8(18)3-10(11)20/h3-4,7H,5-6H2,1-2H3,(H,22,26). The molecule has 30 heavy (non-hydrogen) atoms. The molecule has 0 atom stereocenters. The molecule has 3 aromatic rings. The molecule has 1 N–H and O–H groups in total. The molecule has 0 fully saturated rings. The monoisotopic (exact) mass is 473 g/mol. The third kappa shape index (κ3) is 4.20. The van der Waals surface area contributed by atoms with Gasteiger partial charge in [0.1, 0.15) is 6.54 Å². The number of ether oxygens (including phenoxy) is 1. The number of hydrogen-bond donors (Lipinski definition) is 1. The van der Waals surface area contributed by atoms with E-state index in [0.29, 0.717) is 0 Å². The molecular weight excluding hydrogens is 461 g/mol. The molecule has 10 nitrogen and oxygen atoms in total. The maximum atomic E-state index is 12.4. The number of rotatable bonds is 5. The van der Waals surface area contributed by atoms with Crippen molar-refractivity contribution in [2.24, 2.45) is 14.1 Å². The minimum atomic E-state index is -0.791. The van der Waals surface area contributed by atoms with Gasteiger partial charge < -0.3 is 14.6 Å². The van der Waals surface area contributed by atoms with Crippen molar-refractivity contribution in [3.8, 4) is 0 Å². The largest absolute Gasteiger partial charge is 0.454 e. The first-order valence-corrected chi connectivity index (χ1v) is 9.44. The second-order valence-electron chi connectivity index (χ2n) is 6.21. The maximum Gasteiger partial charge on any atom is 0.332 e. The van der Waals surface area contributed by atoms with Crippen LogP contribution in [-0.4, -0.2) is 37.2 Å². The smallest absolute Gasteiger partial charge is 0.332 e. The first kappa shape index (κ1) is 21.9. The summed E-state index contributed by atoms with van der Waals surface area (Å²) in [6, 6.07) is 2.73. The number of halogens is 3. The van der Waals surface area contributed by atoms with Crippen molar-refractivity contribution in [1.29, 1.82) is 0 Å². The van der Waals surface area contributed by atoms with Crippen LogP contribution in [0.4, 0.5) is 5.69 Å². The SMILES string of the molecule is Cn1c(=O)c2c(ncn2CC(=O)OCC(=O)Nc2cc(Cl)c(Cl)cc2Cl)n(C)c1=O. The van der Waals surface area contributed by atoms with E-state index in [-0.39, 0.29) is 38.5 Å². The van der Waals surface area contributed by atoms with Crippen LogP contribution in [0.15, 0.2) is 28.0 Å². The number of hydrogen-bond acceptors (Lipinski definition) is 6. The molecule has 2 heterocycles. The highest BCUT2D eigenvalue weighted by Crippen LogP contribution is 2.32. The highest BCUT2D eigenvalue weighted by atomic mass is 35.5. The highest BCUT2D eigenvalue weighted by Gasteiger charge is 2.17. The van der Waals surface area contributed by atoms with Crippen LogP contribution in [0.5, 0.6) is 0 Å². The predicted octanol–water partition coefficient (Wildman–Crippen LogP) is 1.58. The highest BCUT2D eigenvalue weighted by molar-refractivity contribution is 6.44. The molecule has 2 aromatic heterocycles. The first-order chi connectivity index (χ1) is 14.1. The fourth-order valence-electron chi connectivity index (χ4n) is 2.65. The summed E-state index contributed by atoms with van der Waals surface area (Å²) in [5.74, 6) is -1.45. The molecule has 0 aliphatic rings. The Morgan fingerprint density at radius 2 is 1.73 bits per heavy atom. The van der Waals surface area contributed by atoms with Gasteiger partial charge in [0.05, 0.1) is 27.1 Å². The predicted molar refractivity (Wildman–Crippen MR) is 111 cm³/mol. The molecule has 1 amide bonds. The number of carbonyl (C=O) groups excluding carboxylic acids is 2. The first-order valence-electron chi connectivity index (χ1n) is 8.31. The number of esters is 1. The summed E-state index contributed by atoms with van der Waals surface area (Å²) < 4.78 is 8.27. The molecule has 3 rings (SSSR count). The van der Waals surface area contributed by atoms with Crippen LogP contribution in [0.3, 0.4) is 0 Å². The lowest BCUT2D eigenvalue weighted by atomic mass is 10.3. The number of carbonyl (C=O) groups is 2. The van der Waals surface area contributed by atoms with Gasteiger partial charge in [-0.2, -0.15) is 0 Å². The van der Waals surface area contributed by atoms with Crippen LogP contribution in [0.2, 0.25) is 15.1 Å². The topological polar surface area (TPSA) is 117 Å². The molecule has 0 bridgehead atoms. The summed E-state index contributed by atoms with van der Waals surface area (Å²) in [7, 11) is 2.77. The van der Waals surface area contributed by atoms with E-state index in [1.807, 2.05) is 0 Å². The minimum absolute atomic E-state index is 0.0589. The second kappa shape index (κ2) is 8.50. The maximum absolute atomic E-state index is 12.4. The number of anilines is 1. The fourth-order valence-corrected chi connectivity index (χ4v) is 3.25. The van der Waals surface area contributed by atoms with Crippen molar-refractivity contribution in [3.63, 3.8) is 0 Å². The van der Waals surface area contributed by atoms with Gasteiger partial charge in [0, 0.05) is 14.1 Å². The van der Waals surface area contributed by atoms with Crippen molar-refractivity contribution >= 4 is 63.5 Å². The van der Waals surface area contributed by atoms with Crippen LogP contribution < -0.4 is 16.6 Å². The number of imidazole rings is 1. The van der Waals surface area contributed by atoms with Gasteiger partial charge in [-0.1, -0.05) is 34.8 Å². The van der Waals surface area contributed by atoms with Gasteiger partial charge in [0.25, 0.3) is 11.5 Å². The van der Waals surface area contributed by atoms with Gasteiger partial charge >= 0.3 is 11.7 Å². The third-order valence-corrected chi connectivity index (χ3v) is 5.20. The summed E-state index contributed by atoms with van der Waals surface area (Å²) >= 11 is 17.7. The summed E-state index contributed by atoms with van der Waals surface area (Å²) in [5, 5.41) is 3.03. The number of amides is 1. The van der Waals surface area contributed by atoms with E-state index >= 15 is 0 Å². The molecule has 0 unspecified atom stereocenters. The molecule has 0 saturated heterocycles. The van der Waals surface area contributed by atoms with E-state index in [1.54, 1.807) is 0 Å². The Morgan fingerprint density at radius 3 is 2.43 bits per heavy atom. The Hall–Kier alpha value is -2.82. The fraction of sp³-hybridized carbons (Fsp3) is 0.235. The Morgan fingerprint density at radius 1 is 1.07 bits per heavy atom. The summed E-state index contributed by atoms with van der Waals surface area (Å²) in [6.07, 6.45) is 1.24. The lowest BCUT2D eigenvalue weighted by Crippen LogP contribution is -2.37. The van der Waals surface area contributed by atoms with E-state index in [2.05, 4.69) is 10.3 Å². The summed E-state index contributed by atoms with van der Waals surface area (Å²) in [6.45, 7) is -0.983. The van der Waals surface area contributed by atoms with Crippen LogP contribution in [0.1, 0.15) is 0 Å². The molecule has 0 aliphatic heterocycles. The van der Waals surface area contributed by atoms with Crippen molar-refractivity contribution in [3.05, 3.63) is 54.4 Å². The molecule has 0 aliphatic carbocycles. The zero-order valence-electron chi connectivity index (χ0n) is 15.6. The average molecular weight is 475 g/mol. The number of fused-ring (bicyclic) bond motifs is 1. The zero-order chi connectivity index (χ0) is 22.2. The van der Waals surface area contributed by atoms with Crippen molar-refractivity contribution in [2.75, 3.05) is 11.9 Å². The van der Waals surface area contributed by atoms with E-state index in [0.717, 1.165) is 4.57 Å². The number of benzene rings is 1. The Bertz CT molecular complexity index is 1290. The van der Waals surface area contributed by atoms with Gasteiger partial charge in [-0.05, 0) is 12.1 Å². The molecule has 0 saturated carbocycles. The lowest BCUT2D eigenvalue weighted by Gasteiger charge is -2.10. The van der Waals surface area contributed by atoms with Crippen molar-refractivity contribution in [1.82, 2.24) is 18.7 Å². The molecular formula is C17H14Cl3N5O5. The summed E-state index contributed by atoms with van der Waals surface area (Å²) in [5.41, 5.74) is -0.757. The third-order valence-electron chi connectivity index (χ3n) is 4.16. The van der Waals surface area contributed by atoms with Crippen LogP contribution in [0, 0.1) is 0 Å². The van der Waals surface area contributed by atoms with E-state index < -0.39 is 29.7 Å². The average Bonchev–Trinajstić information content (AvgIpc) is 3.11. The molecule has 0 spiro atoms. The van der Waals surface area contributed by atoms with Crippen molar-refractivity contribution in [2.45, 2.75) is 6.54 Å². The Kier molecular flexibility index (Phi) is 6.20. The molecule has 1 aromatic carbocycles. The molecule has 13 heteroatoms. The van der Waals surface area contributed by atoms with Crippen molar-refractivity contribution < 1.29 is 14.3 Å². The normalized spacial score (nSPS) is 11.0. The second-order valence-corrected chi connectivity index (χ2v) is 7.43. The number of nitrogens with one attached hydrogen (secondary N) is 1. The number of aromatic nitrogens is 4. The number of nitrogens with zero attached hydrogens (tertiary/aromatic N) is 4. The van der Waals surface area contributed by atoms with E-state index in [1.165, 1.54) is 41.7 Å². The van der Waals surface area contributed by atoms with Gasteiger partial charge in [-0.3, -0.25) is 23.5 Å². The van der Waals surface area contributed by atoms with Crippen LogP contribution >= 0.6 is 34.8 Å². The van der Waals surface area contributed by atoms with Gasteiger partial charge in [0.2, 0.25) is 0 Å². The van der Waals surface area contributed by atoms with Gasteiger partial charge in [0.15, 0.2) is 17.8 Å². The Labute approximate surface area is 183 Å². The van der Waals surface area contributed by atoms with E-state index in [9.17, 15) is 19.2 Å². The zero-order valence-corrected chi connectivity index (χ0v) is 17.9. The Balaban J connectivity index is 1.68. The van der Waals surface area contributed by atoms with Gasteiger partial charge in [-0.15, -0.1) is 0 Å². The number of aryl methyl sites for hydroxylation is 1. The quantitative estimate of drug-likeness (QED) is 0.443. The summed E-state index contributed by atoms with van der Waals surface area (Å²) in [4.78, 5) is 52.5. The van der Waals surface area contributed by atoms with Gasteiger partial charge in [-0.25, -0.2) is 9.78 Å². The molecule has 158 valence electrons. The van der Waals surface area contributed by atoms with Crippen LogP contribution in [0.25, 0.3) is 11.2 Å².